The monoisotopic (exact) mass is 429 g/mol. The van der Waals surface area contributed by atoms with Gasteiger partial charge >= 0.3 is 0 Å². The van der Waals surface area contributed by atoms with Crippen molar-refractivity contribution in [2.75, 3.05) is 13.1 Å². The topological polar surface area (TPSA) is 71.5 Å². The lowest BCUT2D eigenvalue weighted by atomic mass is 10.0. The molecule has 1 N–H and O–H groups in total. The van der Waals surface area contributed by atoms with E-state index < -0.39 is 6.10 Å². The number of rotatable bonds is 6. The molecule has 4 rings (SSSR count). The normalized spacial score (nSPS) is 15.1. The molecule has 6 heteroatoms. The van der Waals surface area contributed by atoms with Crippen LogP contribution >= 0.6 is 0 Å². The standard InChI is InChI=1S/C26H27N3O3/c1-19(32-24-11-9-21(10-12-24)20-6-3-2-4-7-20)26(31)29-16-13-23(14-17-29)28-25(30)22-8-5-15-27-18-22/h2-12,15,18-19,23H,13-14,16-17H2,1H3,(H,28,30). The van der Waals surface area contributed by atoms with Gasteiger partial charge in [-0.1, -0.05) is 42.5 Å². The predicted octanol–water partition coefficient (Wildman–Crippen LogP) is 3.94. The number of hydrogen-bond acceptors (Lipinski definition) is 4. The molecule has 2 aromatic carbocycles. The molecule has 3 aromatic rings. The quantitative estimate of drug-likeness (QED) is 0.644. The molecule has 1 aliphatic heterocycles. The van der Waals surface area contributed by atoms with Gasteiger partial charge < -0.3 is 15.0 Å². The smallest absolute Gasteiger partial charge is 0.263 e. The Balaban J connectivity index is 1.26. The van der Waals surface area contributed by atoms with Crippen molar-refractivity contribution in [2.45, 2.75) is 31.9 Å². The molecule has 1 saturated heterocycles. The van der Waals surface area contributed by atoms with Gasteiger partial charge in [-0.15, -0.1) is 0 Å². The maximum absolute atomic E-state index is 12.8. The van der Waals surface area contributed by atoms with Crippen LogP contribution in [0.4, 0.5) is 0 Å². The third-order valence-corrected chi connectivity index (χ3v) is 5.69. The first-order valence-corrected chi connectivity index (χ1v) is 10.9. The van der Waals surface area contributed by atoms with Crippen molar-refractivity contribution in [1.29, 1.82) is 0 Å². The third kappa shape index (κ3) is 5.32. The molecule has 2 amide bonds. The summed E-state index contributed by atoms with van der Waals surface area (Å²) in [5.74, 6) is 0.511. The summed E-state index contributed by atoms with van der Waals surface area (Å²) >= 11 is 0. The fourth-order valence-corrected chi connectivity index (χ4v) is 3.88. The maximum Gasteiger partial charge on any atom is 0.263 e. The first-order chi connectivity index (χ1) is 15.6. The van der Waals surface area contributed by atoms with Crippen LogP contribution in [-0.2, 0) is 4.79 Å². The molecule has 164 valence electrons. The number of benzene rings is 2. The van der Waals surface area contributed by atoms with Crippen molar-refractivity contribution in [2.24, 2.45) is 0 Å². The Morgan fingerprint density at radius 2 is 1.66 bits per heavy atom. The summed E-state index contributed by atoms with van der Waals surface area (Å²) in [7, 11) is 0. The van der Waals surface area contributed by atoms with E-state index in [0.29, 0.717) is 24.4 Å². The van der Waals surface area contributed by atoms with E-state index in [-0.39, 0.29) is 17.9 Å². The van der Waals surface area contributed by atoms with Gasteiger partial charge in [-0.25, -0.2) is 0 Å². The van der Waals surface area contributed by atoms with Gasteiger partial charge in [0.1, 0.15) is 5.75 Å². The lowest BCUT2D eigenvalue weighted by Gasteiger charge is -2.33. The minimum absolute atomic E-state index is 0.0332. The van der Waals surface area contributed by atoms with E-state index in [1.807, 2.05) is 47.4 Å². The van der Waals surface area contributed by atoms with Gasteiger partial charge in [0.2, 0.25) is 0 Å². The SMILES string of the molecule is CC(Oc1ccc(-c2ccccc2)cc1)C(=O)N1CCC(NC(=O)c2cccnc2)CC1. The van der Waals surface area contributed by atoms with Gasteiger partial charge in [0.15, 0.2) is 6.10 Å². The summed E-state index contributed by atoms with van der Waals surface area (Å²) in [5, 5.41) is 3.03. The third-order valence-electron chi connectivity index (χ3n) is 5.69. The highest BCUT2D eigenvalue weighted by atomic mass is 16.5. The Morgan fingerprint density at radius 1 is 0.969 bits per heavy atom. The lowest BCUT2D eigenvalue weighted by Crippen LogP contribution is -2.49. The van der Waals surface area contributed by atoms with Crippen LogP contribution in [0.1, 0.15) is 30.1 Å². The fraction of sp³-hybridized carbons (Fsp3) is 0.269. The number of aromatic nitrogens is 1. The van der Waals surface area contributed by atoms with Crippen molar-refractivity contribution in [3.8, 4) is 16.9 Å². The number of hydrogen-bond donors (Lipinski definition) is 1. The molecular weight excluding hydrogens is 402 g/mol. The van der Waals surface area contributed by atoms with Crippen molar-refractivity contribution < 1.29 is 14.3 Å². The van der Waals surface area contributed by atoms with Crippen molar-refractivity contribution in [3.63, 3.8) is 0 Å². The van der Waals surface area contributed by atoms with Crippen LogP contribution in [-0.4, -0.2) is 46.9 Å². The molecule has 1 aromatic heterocycles. The first-order valence-electron chi connectivity index (χ1n) is 10.9. The Kier molecular flexibility index (Phi) is 6.80. The molecule has 0 radical (unpaired) electrons. The highest BCUT2D eigenvalue weighted by molar-refractivity contribution is 5.94. The van der Waals surface area contributed by atoms with Gasteiger partial charge in [0.05, 0.1) is 5.56 Å². The van der Waals surface area contributed by atoms with Gasteiger partial charge in [0.25, 0.3) is 11.8 Å². The molecule has 0 aliphatic carbocycles. The van der Waals surface area contributed by atoms with E-state index in [4.69, 9.17) is 4.74 Å². The molecule has 2 heterocycles. The molecular formula is C26H27N3O3. The van der Waals surface area contributed by atoms with E-state index in [1.54, 1.807) is 31.5 Å². The number of nitrogens with zero attached hydrogens (tertiary/aromatic N) is 2. The van der Waals surface area contributed by atoms with Gasteiger partial charge in [0, 0.05) is 31.5 Å². The van der Waals surface area contributed by atoms with Crippen LogP contribution in [0.15, 0.2) is 79.1 Å². The summed E-state index contributed by atoms with van der Waals surface area (Å²) in [6.07, 6.45) is 4.06. The number of carbonyl (C=O) groups is 2. The van der Waals surface area contributed by atoms with Gasteiger partial charge in [-0.2, -0.15) is 0 Å². The Bertz CT molecular complexity index is 1030. The second kappa shape index (κ2) is 10.1. The first kappa shape index (κ1) is 21.6. The average molecular weight is 430 g/mol. The van der Waals surface area contributed by atoms with E-state index in [0.717, 1.165) is 24.0 Å². The van der Waals surface area contributed by atoms with Crippen LogP contribution in [0.3, 0.4) is 0 Å². The molecule has 1 unspecified atom stereocenters. The van der Waals surface area contributed by atoms with Gasteiger partial charge in [-0.05, 0) is 55.2 Å². The zero-order valence-corrected chi connectivity index (χ0v) is 18.1. The summed E-state index contributed by atoms with van der Waals surface area (Å²) in [4.78, 5) is 30.9. The highest BCUT2D eigenvalue weighted by Gasteiger charge is 2.28. The fourth-order valence-electron chi connectivity index (χ4n) is 3.88. The number of likely N-dealkylation sites (tertiary alicyclic amines) is 1. The summed E-state index contributed by atoms with van der Waals surface area (Å²) < 4.78 is 5.90. The van der Waals surface area contributed by atoms with Crippen LogP contribution in [0.5, 0.6) is 5.75 Å². The summed E-state index contributed by atoms with van der Waals surface area (Å²) in [6, 6.07) is 21.5. The summed E-state index contributed by atoms with van der Waals surface area (Å²) in [6.45, 7) is 2.97. The van der Waals surface area contributed by atoms with Crippen LogP contribution in [0, 0.1) is 0 Å². The molecule has 0 spiro atoms. The van der Waals surface area contributed by atoms with Crippen LogP contribution < -0.4 is 10.1 Å². The molecule has 6 nitrogen and oxygen atoms in total. The Hall–Kier alpha value is -3.67. The van der Waals surface area contributed by atoms with Crippen LogP contribution in [0.25, 0.3) is 11.1 Å². The molecule has 0 bridgehead atoms. The average Bonchev–Trinajstić information content (AvgIpc) is 2.85. The predicted molar refractivity (Wildman–Crippen MR) is 123 cm³/mol. The number of amides is 2. The maximum atomic E-state index is 12.8. The molecule has 32 heavy (non-hydrogen) atoms. The lowest BCUT2D eigenvalue weighted by molar-refractivity contribution is -0.139. The number of carbonyl (C=O) groups excluding carboxylic acids is 2. The van der Waals surface area contributed by atoms with Crippen LogP contribution in [0.2, 0.25) is 0 Å². The van der Waals surface area contributed by atoms with E-state index >= 15 is 0 Å². The minimum Gasteiger partial charge on any atom is -0.481 e. The van der Waals surface area contributed by atoms with E-state index in [2.05, 4.69) is 22.4 Å². The van der Waals surface area contributed by atoms with E-state index in [9.17, 15) is 9.59 Å². The molecule has 0 saturated carbocycles. The largest absolute Gasteiger partial charge is 0.481 e. The van der Waals surface area contributed by atoms with Crippen molar-refractivity contribution >= 4 is 11.8 Å². The number of piperidine rings is 1. The number of pyridine rings is 1. The molecule has 1 fully saturated rings. The van der Waals surface area contributed by atoms with Gasteiger partial charge in [-0.3, -0.25) is 14.6 Å². The second-order valence-electron chi connectivity index (χ2n) is 7.97. The molecule has 1 atom stereocenters. The zero-order chi connectivity index (χ0) is 22.3. The van der Waals surface area contributed by atoms with Crippen molar-refractivity contribution in [3.05, 3.63) is 84.7 Å². The highest BCUT2D eigenvalue weighted by Crippen LogP contribution is 2.23. The van der Waals surface area contributed by atoms with E-state index in [1.165, 1.54) is 0 Å². The second-order valence-corrected chi connectivity index (χ2v) is 7.97. The Morgan fingerprint density at radius 3 is 2.31 bits per heavy atom. The summed E-state index contributed by atoms with van der Waals surface area (Å²) in [5.41, 5.74) is 2.79. The number of ether oxygens (including phenoxy) is 1. The van der Waals surface area contributed by atoms with Crippen molar-refractivity contribution in [1.82, 2.24) is 15.2 Å². The Labute approximate surface area is 188 Å². The molecule has 1 aliphatic rings. The zero-order valence-electron chi connectivity index (χ0n) is 18.1. The minimum atomic E-state index is -0.570. The number of nitrogens with one attached hydrogen (secondary N) is 1.